The summed E-state index contributed by atoms with van der Waals surface area (Å²) in [7, 11) is 0. The van der Waals surface area contributed by atoms with Gasteiger partial charge in [-0.25, -0.2) is 9.18 Å². The van der Waals surface area contributed by atoms with Crippen LogP contribution >= 0.6 is 11.6 Å². The molecule has 0 atom stereocenters. The van der Waals surface area contributed by atoms with Crippen molar-refractivity contribution in [3.05, 3.63) is 29.0 Å². The van der Waals surface area contributed by atoms with E-state index in [2.05, 4.69) is 0 Å². The Morgan fingerprint density at radius 1 is 1.38 bits per heavy atom. The molecule has 1 heterocycles. The third-order valence-corrected chi connectivity index (χ3v) is 2.77. The van der Waals surface area contributed by atoms with E-state index in [0.29, 0.717) is 13.1 Å². The minimum atomic E-state index is -0.625. The number of amides is 1. The SMILES string of the molecule is O=C(Oc1c(F)cccc1Cl)N1CCCC1. The summed E-state index contributed by atoms with van der Waals surface area (Å²) in [6.45, 7) is 1.32. The first-order chi connectivity index (χ1) is 7.68. The highest BCUT2D eigenvalue weighted by atomic mass is 35.5. The molecule has 1 aromatic rings. The van der Waals surface area contributed by atoms with E-state index < -0.39 is 11.9 Å². The topological polar surface area (TPSA) is 29.5 Å². The summed E-state index contributed by atoms with van der Waals surface area (Å²) >= 11 is 5.74. The zero-order valence-corrected chi connectivity index (χ0v) is 9.34. The fourth-order valence-corrected chi connectivity index (χ4v) is 1.83. The van der Waals surface area contributed by atoms with Gasteiger partial charge in [0, 0.05) is 13.1 Å². The van der Waals surface area contributed by atoms with Crippen molar-refractivity contribution < 1.29 is 13.9 Å². The maximum Gasteiger partial charge on any atom is 0.415 e. The molecule has 0 aliphatic carbocycles. The van der Waals surface area contributed by atoms with Gasteiger partial charge in [-0.15, -0.1) is 0 Å². The number of rotatable bonds is 1. The molecule has 0 spiro atoms. The Balaban J connectivity index is 2.11. The molecule has 1 amide bonds. The summed E-state index contributed by atoms with van der Waals surface area (Å²) in [5.74, 6) is -0.818. The van der Waals surface area contributed by atoms with Gasteiger partial charge < -0.3 is 9.64 Å². The summed E-state index contributed by atoms with van der Waals surface area (Å²) < 4.78 is 18.3. The van der Waals surface area contributed by atoms with E-state index in [9.17, 15) is 9.18 Å². The number of nitrogens with zero attached hydrogens (tertiary/aromatic N) is 1. The van der Waals surface area contributed by atoms with E-state index in [1.165, 1.54) is 18.2 Å². The van der Waals surface area contributed by atoms with Crippen LogP contribution < -0.4 is 4.74 Å². The van der Waals surface area contributed by atoms with Crippen molar-refractivity contribution in [1.29, 1.82) is 0 Å². The number of para-hydroxylation sites is 1. The van der Waals surface area contributed by atoms with Crippen molar-refractivity contribution in [3.8, 4) is 5.75 Å². The maximum atomic E-state index is 13.3. The van der Waals surface area contributed by atoms with Crippen LogP contribution in [0.1, 0.15) is 12.8 Å². The molecule has 0 N–H and O–H groups in total. The van der Waals surface area contributed by atoms with Gasteiger partial charge >= 0.3 is 6.09 Å². The Hall–Kier alpha value is -1.29. The van der Waals surface area contributed by atoms with Gasteiger partial charge in [0.2, 0.25) is 0 Å². The lowest BCUT2D eigenvalue weighted by Gasteiger charge is -2.15. The maximum absolute atomic E-state index is 13.3. The van der Waals surface area contributed by atoms with Crippen LogP contribution in [0.5, 0.6) is 5.75 Å². The van der Waals surface area contributed by atoms with Crippen molar-refractivity contribution in [1.82, 2.24) is 4.90 Å². The van der Waals surface area contributed by atoms with Gasteiger partial charge in [-0.3, -0.25) is 0 Å². The van der Waals surface area contributed by atoms with Crippen LogP contribution in [0, 0.1) is 5.82 Å². The fourth-order valence-electron chi connectivity index (χ4n) is 1.63. The second-order valence-electron chi connectivity index (χ2n) is 3.61. The average molecular weight is 244 g/mol. The van der Waals surface area contributed by atoms with Crippen molar-refractivity contribution >= 4 is 17.7 Å². The molecule has 2 rings (SSSR count). The Labute approximate surface area is 97.8 Å². The first-order valence-electron chi connectivity index (χ1n) is 5.09. The molecule has 3 nitrogen and oxygen atoms in total. The van der Waals surface area contributed by atoms with Crippen molar-refractivity contribution in [3.63, 3.8) is 0 Å². The van der Waals surface area contributed by atoms with Crippen LogP contribution in [-0.4, -0.2) is 24.1 Å². The van der Waals surface area contributed by atoms with Gasteiger partial charge in [0.15, 0.2) is 11.6 Å². The third-order valence-electron chi connectivity index (χ3n) is 2.47. The van der Waals surface area contributed by atoms with Gasteiger partial charge in [-0.1, -0.05) is 17.7 Å². The monoisotopic (exact) mass is 243 g/mol. The van der Waals surface area contributed by atoms with Crippen molar-refractivity contribution in [2.45, 2.75) is 12.8 Å². The quantitative estimate of drug-likeness (QED) is 0.759. The minimum absolute atomic E-state index is 0.104. The molecular weight excluding hydrogens is 233 g/mol. The molecule has 0 aromatic heterocycles. The molecule has 16 heavy (non-hydrogen) atoms. The largest absolute Gasteiger partial charge is 0.415 e. The second-order valence-corrected chi connectivity index (χ2v) is 4.02. The summed E-state index contributed by atoms with van der Waals surface area (Å²) in [6.07, 6.45) is 1.38. The predicted octanol–water partition coefficient (Wildman–Crippen LogP) is 3.07. The molecule has 5 heteroatoms. The molecule has 1 saturated heterocycles. The summed E-state index contributed by atoms with van der Waals surface area (Å²) in [4.78, 5) is 13.1. The zero-order chi connectivity index (χ0) is 11.5. The Bertz CT molecular complexity index is 385. The molecule has 1 fully saturated rings. The number of carbonyl (C=O) groups excluding carboxylic acids is 1. The van der Waals surface area contributed by atoms with Crippen LogP contribution in [0.25, 0.3) is 0 Å². The molecule has 0 unspecified atom stereocenters. The number of carbonyl (C=O) groups is 1. The summed E-state index contributed by atoms with van der Waals surface area (Å²) in [6, 6.07) is 4.15. The van der Waals surface area contributed by atoms with Gasteiger partial charge in [-0.05, 0) is 25.0 Å². The summed E-state index contributed by atoms with van der Waals surface area (Å²) in [5.41, 5.74) is 0. The van der Waals surface area contributed by atoms with Crippen LogP contribution in [0.2, 0.25) is 5.02 Å². The van der Waals surface area contributed by atoms with Crippen molar-refractivity contribution in [2.75, 3.05) is 13.1 Å². The number of hydrogen-bond donors (Lipinski definition) is 0. The Morgan fingerprint density at radius 2 is 2.06 bits per heavy atom. The van der Waals surface area contributed by atoms with Crippen LogP contribution in [0.3, 0.4) is 0 Å². The van der Waals surface area contributed by atoms with E-state index in [4.69, 9.17) is 16.3 Å². The molecule has 0 radical (unpaired) electrons. The highest BCUT2D eigenvalue weighted by molar-refractivity contribution is 6.32. The van der Waals surface area contributed by atoms with E-state index in [1.807, 2.05) is 0 Å². The van der Waals surface area contributed by atoms with Crippen LogP contribution in [0.4, 0.5) is 9.18 Å². The molecule has 86 valence electrons. The minimum Gasteiger partial charge on any atom is -0.405 e. The number of ether oxygens (including phenoxy) is 1. The average Bonchev–Trinajstić information content (AvgIpc) is 2.76. The number of halogens is 2. The predicted molar refractivity (Wildman–Crippen MR) is 58.2 cm³/mol. The van der Waals surface area contributed by atoms with Gasteiger partial charge in [-0.2, -0.15) is 0 Å². The third kappa shape index (κ3) is 2.27. The lowest BCUT2D eigenvalue weighted by atomic mass is 10.3. The van der Waals surface area contributed by atoms with Gasteiger partial charge in [0.25, 0.3) is 0 Å². The zero-order valence-electron chi connectivity index (χ0n) is 8.58. The Kier molecular flexibility index (Phi) is 3.29. The standard InChI is InChI=1S/C11H11ClFNO2/c12-8-4-3-5-9(13)10(8)16-11(15)14-6-1-2-7-14/h3-5H,1-2,6-7H2. The second kappa shape index (κ2) is 4.70. The van der Waals surface area contributed by atoms with Gasteiger partial charge in [0.1, 0.15) is 0 Å². The normalized spacial score (nSPS) is 15.2. The fraction of sp³-hybridized carbons (Fsp3) is 0.364. The molecule has 1 aromatic carbocycles. The first-order valence-corrected chi connectivity index (χ1v) is 5.47. The van der Waals surface area contributed by atoms with Crippen LogP contribution in [0.15, 0.2) is 18.2 Å². The van der Waals surface area contributed by atoms with E-state index >= 15 is 0 Å². The van der Waals surface area contributed by atoms with Crippen molar-refractivity contribution in [2.24, 2.45) is 0 Å². The lowest BCUT2D eigenvalue weighted by Crippen LogP contribution is -2.30. The van der Waals surface area contributed by atoms with Gasteiger partial charge in [0.05, 0.1) is 5.02 Å². The number of hydrogen-bond acceptors (Lipinski definition) is 2. The Morgan fingerprint density at radius 3 is 2.69 bits per heavy atom. The van der Waals surface area contributed by atoms with E-state index in [1.54, 1.807) is 4.90 Å². The molecule has 0 saturated carbocycles. The number of benzene rings is 1. The lowest BCUT2D eigenvalue weighted by molar-refractivity contribution is 0.161. The molecule has 1 aliphatic rings. The highest BCUT2D eigenvalue weighted by Gasteiger charge is 2.22. The first kappa shape index (κ1) is 11.2. The smallest absolute Gasteiger partial charge is 0.405 e. The number of likely N-dealkylation sites (tertiary alicyclic amines) is 1. The molecule has 1 aliphatic heterocycles. The highest BCUT2D eigenvalue weighted by Crippen LogP contribution is 2.28. The van der Waals surface area contributed by atoms with E-state index in [-0.39, 0.29) is 10.8 Å². The van der Waals surface area contributed by atoms with E-state index in [0.717, 1.165) is 12.8 Å². The molecular formula is C11H11ClFNO2. The molecule has 0 bridgehead atoms. The summed E-state index contributed by atoms with van der Waals surface area (Å²) in [5, 5.41) is 0.104. The van der Waals surface area contributed by atoms with Crippen LogP contribution in [-0.2, 0) is 0 Å².